The van der Waals surface area contributed by atoms with E-state index in [1.54, 1.807) is 12.1 Å². The van der Waals surface area contributed by atoms with Gasteiger partial charge in [0.25, 0.3) is 0 Å². The molecule has 0 amide bonds. The van der Waals surface area contributed by atoms with E-state index in [9.17, 15) is 5.11 Å². The summed E-state index contributed by atoms with van der Waals surface area (Å²) in [7, 11) is 0. The third kappa shape index (κ3) is 1.38. The van der Waals surface area contributed by atoms with Crippen molar-refractivity contribution in [2.24, 2.45) is 5.73 Å². The number of aromatic nitrogens is 1. The smallest absolute Gasteiger partial charge is 0.116 e. The van der Waals surface area contributed by atoms with E-state index in [-0.39, 0.29) is 0 Å². The minimum Gasteiger partial charge on any atom is -0.508 e. The van der Waals surface area contributed by atoms with Gasteiger partial charge in [0.15, 0.2) is 0 Å². The van der Waals surface area contributed by atoms with Gasteiger partial charge in [-0.05, 0) is 36.7 Å². The number of phenolic OH excluding ortho intramolecular Hbond substituents is 1. The third-order valence-corrected chi connectivity index (χ3v) is 2.16. The minimum atomic E-state index is 0.297. The summed E-state index contributed by atoms with van der Waals surface area (Å²) in [6.07, 6.45) is 2.78. The maximum absolute atomic E-state index is 9.30. The molecule has 0 radical (unpaired) electrons. The number of rotatable bonds is 2. The predicted molar refractivity (Wildman–Crippen MR) is 52.7 cm³/mol. The Labute approximate surface area is 76.2 Å². The zero-order valence-corrected chi connectivity index (χ0v) is 7.25. The van der Waals surface area contributed by atoms with Crippen LogP contribution in [0.15, 0.2) is 24.4 Å². The van der Waals surface area contributed by atoms with Crippen molar-refractivity contribution in [2.75, 3.05) is 6.54 Å². The van der Waals surface area contributed by atoms with Crippen molar-refractivity contribution in [3.8, 4) is 5.75 Å². The summed E-state index contributed by atoms with van der Waals surface area (Å²) in [6, 6.07) is 5.30. The molecule has 1 aromatic heterocycles. The van der Waals surface area contributed by atoms with Gasteiger partial charge in [-0.3, -0.25) is 0 Å². The Bertz CT molecular complexity index is 420. The second-order valence-electron chi connectivity index (χ2n) is 3.08. The number of hydrogen-bond acceptors (Lipinski definition) is 2. The molecule has 1 aromatic carbocycles. The number of fused-ring (bicyclic) bond motifs is 1. The van der Waals surface area contributed by atoms with Crippen LogP contribution in [0.3, 0.4) is 0 Å². The number of phenols is 1. The molecule has 0 spiro atoms. The molecule has 68 valence electrons. The molecular formula is C10H12N2O. The van der Waals surface area contributed by atoms with Gasteiger partial charge in [0.1, 0.15) is 5.75 Å². The molecule has 0 fully saturated rings. The van der Waals surface area contributed by atoms with Gasteiger partial charge in [0, 0.05) is 17.1 Å². The normalized spacial score (nSPS) is 10.8. The van der Waals surface area contributed by atoms with Crippen LogP contribution in [0.2, 0.25) is 0 Å². The van der Waals surface area contributed by atoms with Crippen LogP contribution in [0.1, 0.15) is 5.56 Å². The molecule has 4 N–H and O–H groups in total. The lowest BCUT2D eigenvalue weighted by Gasteiger charge is -1.96. The molecular weight excluding hydrogens is 165 g/mol. The molecule has 1 heterocycles. The number of benzene rings is 1. The summed E-state index contributed by atoms with van der Waals surface area (Å²) in [5.41, 5.74) is 7.68. The van der Waals surface area contributed by atoms with E-state index in [0.717, 1.165) is 22.9 Å². The Hall–Kier alpha value is -1.48. The Morgan fingerprint density at radius 1 is 1.38 bits per heavy atom. The quantitative estimate of drug-likeness (QED) is 0.607. The minimum absolute atomic E-state index is 0.297. The van der Waals surface area contributed by atoms with Crippen molar-refractivity contribution in [2.45, 2.75) is 6.42 Å². The Morgan fingerprint density at radius 3 is 3.00 bits per heavy atom. The van der Waals surface area contributed by atoms with Crippen molar-refractivity contribution < 1.29 is 5.11 Å². The van der Waals surface area contributed by atoms with Gasteiger partial charge in [0.2, 0.25) is 0 Å². The van der Waals surface area contributed by atoms with E-state index in [4.69, 9.17) is 5.73 Å². The zero-order chi connectivity index (χ0) is 9.26. The summed E-state index contributed by atoms with van der Waals surface area (Å²) in [5, 5.41) is 10.4. The average Bonchev–Trinajstić information content (AvgIpc) is 2.49. The van der Waals surface area contributed by atoms with Crippen LogP contribution in [0.25, 0.3) is 10.9 Å². The van der Waals surface area contributed by atoms with Gasteiger partial charge in [-0.25, -0.2) is 0 Å². The zero-order valence-electron chi connectivity index (χ0n) is 7.25. The summed E-state index contributed by atoms with van der Waals surface area (Å²) in [5.74, 6) is 0.297. The highest BCUT2D eigenvalue weighted by molar-refractivity contribution is 5.84. The SMILES string of the molecule is N[13CH2]Cc1c[nH]c2ccc(O)cc12. The van der Waals surface area contributed by atoms with E-state index in [2.05, 4.69) is 4.98 Å². The monoisotopic (exact) mass is 177 g/mol. The first-order chi connectivity index (χ1) is 6.31. The van der Waals surface area contributed by atoms with Gasteiger partial charge in [0.05, 0.1) is 0 Å². The molecule has 2 aromatic rings. The molecule has 3 heteroatoms. The van der Waals surface area contributed by atoms with E-state index in [1.165, 1.54) is 0 Å². The highest BCUT2D eigenvalue weighted by Gasteiger charge is 2.02. The largest absolute Gasteiger partial charge is 0.508 e. The number of aromatic hydroxyl groups is 1. The first kappa shape index (κ1) is 8.13. The first-order valence-electron chi connectivity index (χ1n) is 4.30. The van der Waals surface area contributed by atoms with Gasteiger partial charge in [-0.2, -0.15) is 0 Å². The fraction of sp³-hybridized carbons (Fsp3) is 0.200. The lowest BCUT2D eigenvalue weighted by Crippen LogP contribution is -2.01. The van der Waals surface area contributed by atoms with Crippen molar-refractivity contribution in [3.63, 3.8) is 0 Å². The van der Waals surface area contributed by atoms with Crippen molar-refractivity contribution in [1.82, 2.24) is 4.98 Å². The standard InChI is InChI=1S/C10H12N2O/c11-4-3-7-6-12-10-2-1-8(13)5-9(7)10/h1-2,5-6,12-13H,3-4,11H2/i4+1. The van der Waals surface area contributed by atoms with Crippen molar-refractivity contribution in [3.05, 3.63) is 30.0 Å². The number of hydrogen-bond donors (Lipinski definition) is 3. The van der Waals surface area contributed by atoms with E-state index >= 15 is 0 Å². The van der Waals surface area contributed by atoms with Crippen LogP contribution in [0.4, 0.5) is 0 Å². The molecule has 0 bridgehead atoms. The topological polar surface area (TPSA) is 62.0 Å². The molecule has 2 rings (SSSR count). The first-order valence-corrected chi connectivity index (χ1v) is 4.30. The highest BCUT2D eigenvalue weighted by Crippen LogP contribution is 2.22. The fourth-order valence-corrected chi connectivity index (χ4v) is 1.53. The Morgan fingerprint density at radius 2 is 2.23 bits per heavy atom. The maximum Gasteiger partial charge on any atom is 0.116 e. The van der Waals surface area contributed by atoms with Crippen LogP contribution >= 0.6 is 0 Å². The summed E-state index contributed by atoms with van der Waals surface area (Å²) in [4.78, 5) is 3.13. The second kappa shape index (κ2) is 3.11. The van der Waals surface area contributed by atoms with Crippen molar-refractivity contribution >= 4 is 10.9 Å². The van der Waals surface area contributed by atoms with Gasteiger partial charge in [-0.1, -0.05) is 0 Å². The lowest BCUT2D eigenvalue weighted by atomic mass is 10.1. The molecule has 13 heavy (non-hydrogen) atoms. The number of H-pyrrole nitrogens is 1. The van der Waals surface area contributed by atoms with Crippen molar-refractivity contribution in [1.29, 1.82) is 0 Å². The second-order valence-corrected chi connectivity index (χ2v) is 3.08. The van der Waals surface area contributed by atoms with E-state index < -0.39 is 0 Å². The predicted octanol–water partition coefficient (Wildman–Crippen LogP) is 1.37. The number of nitrogens with one attached hydrogen (secondary N) is 1. The van der Waals surface area contributed by atoms with Crippen LogP contribution in [0.5, 0.6) is 5.75 Å². The molecule has 0 unspecified atom stereocenters. The summed E-state index contributed by atoms with van der Waals surface area (Å²) < 4.78 is 0. The molecule has 0 saturated carbocycles. The lowest BCUT2D eigenvalue weighted by molar-refractivity contribution is 0.476. The summed E-state index contributed by atoms with van der Waals surface area (Å²) >= 11 is 0. The van der Waals surface area contributed by atoms with Crippen LogP contribution < -0.4 is 5.73 Å². The Balaban J connectivity index is 2.58. The third-order valence-electron chi connectivity index (χ3n) is 2.16. The molecule has 0 aliphatic rings. The maximum atomic E-state index is 9.30. The number of nitrogens with two attached hydrogens (primary N) is 1. The Kier molecular flexibility index (Phi) is 1.94. The van der Waals surface area contributed by atoms with Gasteiger partial charge >= 0.3 is 0 Å². The molecule has 0 aliphatic heterocycles. The molecule has 3 nitrogen and oxygen atoms in total. The summed E-state index contributed by atoms with van der Waals surface area (Å²) in [6.45, 7) is 0.628. The molecule has 0 aliphatic carbocycles. The van der Waals surface area contributed by atoms with Gasteiger partial charge < -0.3 is 15.8 Å². The van der Waals surface area contributed by atoms with Crippen LogP contribution in [0, 0.1) is 0 Å². The van der Waals surface area contributed by atoms with Crippen LogP contribution in [-0.4, -0.2) is 16.6 Å². The molecule has 0 saturated heterocycles. The van der Waals surface area contributed by atoms with Crippen LogP contribution in [-0.2, 0) is 6.42 Å². The highest BCUT2D eigenvalue weighted by atomic mass is 16.3. The molecule has 0 atom stereocenters. The number of aromatic amines is 1. The average molecular weight is 177 g/mol. The van der Waals surface area contributed by atoms with E-state index in [1.807, 2.05) is 12.3 Å². The van der Waals surface area contributed by atoms with Gasteiger partial charge in [-0.15, -0.1) is 0 Å². The van der Waals surface area contributed by atoms with E-state index in [0.29, 0.717) is 12.3 Å². The fourth-order valence-electron chi connectivity index (χ4n) is 1.53.